The van der Waals surface area contributed by atoms with Gasteiger partial charge in [0.15, 0.2) is 5.75 Å². The normalized spacial score (nSPS) is 13.4. The quantitative estimate of drug-likeness (QED) is 0.106. The second kappa shape index (κ2) is 18.0. The first-order valence-electron chi connectivity index (χ1n) is 18.0. The van der Waals surface area contributed by atoms with Crippen LogP contribution >= 0.6 is 11.6 Å². The van der Waals surface area contributed by atoms with Crippen molar-refractivity contribution in [2.75, 3.05) is 32.8 Å². The summed E-state index contributed by atoms with van der Waals surface area (Å²) in [7, 11) is 0. The number of nitrogens with zero attached hydrogens (tertiary/aromatic N) is 3. The van der Waals surface area contributed by atoms with Crippen molar-refractivity contribution in [2.24, 2.45) is 0 Å². The third kappa shape index (κ3) is 10.7. The van der Waals surface area contributed by atoms with Crippen LogP contribution in [0, 0.1) is 12.7 Å². The lowest BCUT2D eigenvalue weighted by molar-refractivity contribution is -0.127. The summed E-state index contributed by atoms with van der Waals surface area (Å²) in [5.41, 5.74) is 5.89. The second-order valence-electron chi connectivity index (χ2n) is 13.5. The molecule has 7 nitrogen and oxygen atoms in total. The molecule has 0 radical (unpaired) electrons. The fraction of sp³-hybridized carbons (Fsp3) is 0.273. The average Bonchev–Trinajstić information content (AvgIpc) is 3.16. The number of hydrogen-bond acceptors (Lipinski definition) is 6. The highest BCUT2D eigenvalue weighted by molar-refractivity contribution is 6.32. The number of hydrogen-bond donors (Lipinski definition) is 0. The van der Waals surface area contributed by atoms with E-state index < -0.39 is 0 Å². The summed E-state index contributed by atoms with van der Waals surface area (Å²) < 4.78 is 31.5. The lowest BCUT2D eigenvalue weighted by Crippen LogP contribution is -2.47. The first kappa shape index (κ1) is 37.6. The van der Waals surface area contributed by atoms with E-state index in [-0.39, 0.29) is 18.3 Å². The van der Waals surface area contributed by atoms with Gasteiger partial charge in [-0.25, -0.2) is 9.37 Å². The molecule has 0 N–H and O–H groups in total. The second-order valence-corrected chi connectivity index (χ2v) is 13.9. The van der Waals surface area contributed by atoms with Gasteiger partial charge in [0.25, 0.3) is 0 Å². The van der Waals surface area contributed by atoms with Crippen LogP contribution in [-0.4, -0.2) is 53.5 Å². The zero-order valence-electron chi connectivity index (χ0n) is 30.4. The molecular weight excluding hydrogens is 689 g/mol. The van der Waals surface area contributed by atoms with Crippen molar-refractivity contribution < 1.29 is 23.4 Å². The largest absolute Gasteiger partial charge is 0.493 e. The van der Waals surface area contributed by atoms with E-state index in [0.717, 1.165) is 42.9 Å². The molecule has 0 aliphatic carbocycles. The van der Waals surface area contributed by atoms with Gasteiger partial charge in [-0.05, 0) is 83.1 Å². The molecule has 1 saturated heterocycles. The van der Waals surface area contributed by atoms with E-state index in [4.69, 9.17) is 25.8 Å². The van der Waals surface area contributed by atoms with Gasteiger partial charge in [0.1, 0.15) is 23.9 Å². The van der Waals surface area contributed by atoms with Gasteiger partial charge in [-0.2, -0.15) is 0 Å². The van der Waals surface area contributed by atoms with Gasteiger partial charge in [-0.15, -0.1) is 0 Å². The molecule has 0 spiro atoms. The summed E-state index contributed by atoms with van der Waals surface area (Å²) in [6.45, 7) is 10.8. The Morgan fingerprint density at radius 3 is 2.28 bits per heavy atom. The van der Waals surface area contributed by atoms with Crippen LogP contribution in [-0.2, 0) is 24.4 Å². The number of halogens is 2. The molecule has 0 unspecified atom stereocenters. The number of aryl methyl sites for hydroxylation is 1. The number of rotatable bonds is 14. The number of ether oxygens (including phenoxy) is 3. The van der Waals surface area contributed by atoms with Crippen LogP contribution in [0.15, 0.2) is 109 Å². The number of piperazine rings is 1. The van der Waals surface area contributed by atoms with Crippen molar-refractivity contribution in [2.45, 2.75) is 46.3 Å². The maximum atomic E-state index is 13.9. The Morgan fingerprint density at radius 1 is 0.887 bits per heavy atom. The van der Waals surface area contributed by atoms with Gasteiger partial charge in [0.05, 0.1) is 17.8 Å². The molecule has 53 heavy (non-hydrogen) atoms. The Kier molecular flexibility index (Phi) is 12.8. The van der Waals surface area contributed by atoms with Crippen LogP contribution in [0.1, 0.15) is 53.1 Å². The summed E-state index contributed by atoms with van der Waals surface area (Å²) in [5, 5.41) is 0.404. The zero-order chi connectivity index (χ0) is 37.2. The molecule has 9 heteroatoms. The van der Waals surface area contributed by atoms with Crippen LogP contribution in [0.5, 0.6) is 23.1 Å². The van der Waals surface area contributed by atoms with Crippen molar-refractivity contribution in [3.8, 4) is 23.1 Å². The molecule has 4 aromatic carbocycles. The summed E-state index contributed by atoms with van der Waals surface area (Å²) >= 11 is 6.61. The standard InChI is InChI=1S/C44H45ClFN3O4/c1-31(2)36-13-15-38(16-14-36)51-25-20-33-8-10-34(11-9-33)29-48-21-23-49(24-22-48)43(50)19-12-35-26-32(3)44(40(45)27-35)53-42-18-17-39(28-47-42)52-30-37-6-4-5-7-41(37)46/h4-19,26-28,31H,20-25,29-30H2,1-3H3. The van der Waals surface area contributed by atoms with Gasteiger partial charge in [-0.3, -0.25) is 9.69 Å². The predicted molar refractivity (Wildman–Crippen MR) is 208 cm³/mol. The topological polar surface area (TPSA) is 64.1 Å². The Hall–Kier alpha value is -5.18. The first-order valence-corrected chi connectivity index (χ1v) is 18.4. The molecule has 1 aliphatic heterocycles. The predicted octanol–water partition coefficient (Wildman–Crippen LogP) is 9.66. The van der Waals surface area contributed by atoms with Gasteiger partial charge in [0.2, 0.25) is 11.8 Å². The Labute approximate surface area is 316 Å². The minimum atomic E-state index is -0.317. The summed E-state index contributed by atoms with van der Waals surface area (Å²) in [5.74, 6) is 2.38. The van der Waals surface area contributed by atoms with Gasteiger partial charge in [-0.1, -0.05) is 80.0 Å². The van der Waals surface area contributed by atoms with Crippen LogP contribution in [0.4, 0.5) is 4.39 Å². The summed E-state index contributed by atoms with van der Waals surface area (Å²) in [4.78, 5) is 21.6. The molecule has 1 fully saturated rings. The van der Waals surface area contributed by atoms with Crippen molar-refractivity contribution >= 4 is 23.6 Å². The van der Waals surface area contributed by atoms with Crippen molar-refractivity contribution in [3.05, 3.63) is 154 Å². The van der Waals surface area contributed by atoms with E-state index in [0.29, 0.717) is 53.6 Å². The first-order chi connectivity index (χ1) is 25.7. The van der Waals surface area contributed by atoms with E-state index in [1.54, 1.807) is 48.6 Å². The molecule has 6 rings (SSSR count). The Balaban J connectivity index is 0.925. The molecule has 0 bridgehead atoms. The highest BCUT2D eigenvalue weighted by Gasteiger charge is 2.20. The number of amides is 1. The number of benzene rings is 4. The monoisotopic (exact) mass is 733 g/mol. The number of carbonyl (C=O) groups is 1. The van der Waals surface area contributed by atoms with E-state index in [2.05, 4.69) is 60.1 Å². The SMILES string of the molecule is Cc1cc(C=CC(=O)N2CCN(Cc3ccc(CCOc4ccc(C(C)C)cc4)cc3)CC2)cc(Cl)c1Oc1ccc(OCc2ccccc2F)cn1. The van der Waals surface area contributed by atoms with Crippen LogP contribution in [0.25, 0.3) is 6.08 Å². The van der Waals surface area contributed by atoms with Gasteiger partial charge >= 0.3 is 0 Å². The Morgan fingerprint density at radius 2 is 1.60 bits per heavy atom. The van der Waals surface area contributed by atoms with Gasteiger partial charge in [0, 0.05) is 56.9 Å². The summed E-state index contributed by atoms with van der Waals surface area (Å²) in [6.07, 6.45) is 5.76. The average molecular weight is 734 g/mol. The number of pyridine rings is 1. The summed E-state index contributed by atoms with van der Waals surface area (Å²) in [6, 6.07) is 30.6. The minimum absolute atomic E-state index is 0.0253. The van der Waals surface area contributed by atoms with Gasteiger partial charge < -0.3 is 19.1 Å². The third-order valence-corrected chi connectivity index (χ3v) is 9.54. The van der Waals surface area contributed by atoms with Crippen LogP contribution in [0.2, 0.25) is 5.02 Å². The Bertz CT molecular complexity index is 1970. The van der Waals surface area contributed by atoms with E-state index >= 15 is 0 Å². The highest BCUT2D eigenvalue weighted by atomic mass is 35.5. The van der Waals surface area contributed by atoms with Crippen LogP contribution < -0.4 is 14.2 Å². The fourth-order valence-corrected chi connectivity index (χ4v) is 6.39. The van der Waals surface area contributed by atoms with E-state index in [9.17, 15) is 9.18 Å². The van der Waals surface area contributed by atoms with Crippen molar-refractivity contribution in [3.63, 3.8) is 0 Å². The molecular formula is C44H45ClFN3O4. The van der Waals surface area contributed by atoms with Crippen molar-refractivity contribution in [1.82, 2.24) is 14.8 Å². The lowest BCUT2D eigenvalue weighted by Gasteiger charge is -2.34. The minimum Gasteiger partial charge on any atom is -0.493 e. The molecule has 0 saturated carbocycles. The van der Waals surface area contributed by atoms with E-state index in [1.165, 1.54) is 29.0 Å². The third-order valence-electron chi connectivity index (χ3n) is 9.26. The molecule has 0 atom stereocenters. The maximum Gasteiger partial charge on any atom is 0.246 e. The molecule has 5 aromatic rings. The molecule has 274 valence electrons. The van der Waals surface area contributed by atoms with E-state index in [1.807, 2.05) is 30.0 Å². The molecule has 2 heterocycles. The number of carbonyl (C=O) groups excluding carboxylic acids is 1. The zero-order valence-corrected chi connectivity index (χ0v) is 31.2. The lowest BCUT2D eigenvalue weighted by atomic mass is 10.0. The molecule has 1 amide bonds. The smallest absolute Gasteiger partial charge is 0.246 e. The fourth-order valence-electron chi connectivity index (χ4n) is 6.08. The number of aromatic nitrogens is 1. The molecule has 1 aliphatic rings. The van der Waals surface area contributed by atoms with Crippen LogP contribution in [0.3, 0.4) is 0 Å². The highest BCUT2D eigenvalue weighted by Crippen LogP contribution is 2.34. The van der Waals surface area contributed by atoms with Crippen molar-refractivity contribution in [1.29, 1.82) is 0 Å². The maximum absolute atomic E-state index is 13.9. The molecule has 1 aromatic heterocycles.